The van der Waals surface area contributed by atoms with E-state index in [1.807, 2.05) is 72.3 Å². The first kappa shape index (κ1) is 16.7. The van der Waals surface area contributed by atoms with Gasteiger partial charge in [-0.05, 0) is 23.8 Å². The smallest absolute Gasteiger partial charge is 0.257 e. The molecule has 2 aromatic heterocycles. The summed E-state index contributed by atoms with van der Waals surface area (Å²) in [5, 5.41) is 10.9. The molecule has 2 heterocycles. The maximum Gasteiger partial charge on any atom is 0.257 e. The molecule has 0 fully saturated rings. The summed E-state index contributed by atoms with van der Waals surface area (Å²) in [6, 6.07) is 19.2. The molecular formula is C21H17N5O. The largest absolute Gasteiger partial charge is 0.322 e. The normalized spacial score (nSPS) is 10.6. The minimum absolute atomic E-state index is 0.213. The first-order chi connectivity index (χ1) is 13.2. The summed E-state index contributed by atoms with van der Waals surface area (Å²) in [5.74, 6) is 0.522. The van der Waals surface area contributed by atoms with Gasteiger partial charge in [-0.1, -0.05) is 42.5 Å². The Labute approximate surface area is 156 Å². The van der Waals surface area contributed by atoms with Crippen LogP contribution in [0.4, 0.5) is 5.69 Å². The fourth-order valence-electron chi connectivity index (χ4n) is 2.84. The number of nitrogens with one attached hydrogen (secondary N) is 1. The van der Waals surface area contributed by atoms with Gasteiger partial charge in [0.15, 0.2) is 5.82 Å². The van der Waals surface area contributed by atoms with E-state index in [1.165, 1.54) is 0 Å². The van der Waals surface area contributed by atoms with E-state index in [1.54, 1.807) is 18.7 Å². The number of carbonyl (C=O) groups excluding carboxylic acids is 1. The molecule has 0 aliphatic carbocycles. The third-order valence-electron chi connectivity index (χ3n) is 4.20. The van der Waals surface area contributed by atoms with E-state index in [-0.39, 0.29) is 5.91 Å². The van der Waals surface area contributed by atoms with Gasteiger partial charge in [-0.2, -0.15) is 0 Å². The predicted octanol–water partition coefficient (Wildman–Crippen LogP) is 3.80. The van der Waals surface area contributed by atoms with E-state index in [0.717, 1.165) is 22.5 Å². The first-order valence-electron chi connectivity index (χ1n) is 8.47. The van der Waals surface area contributed by atoms with Gasteiger partial charge < -0.3 is 9.88 Å². The van der Waals surface area contributed by atoms with Crippen LogP contribution in [0.15, 0.2) is 79.4 Å². The summed E-state index contributed by atoms with van der Waals surface area (Å²) in [6.07, 6.45) is 4.95. The van der Waals surface area contributed by atoms with Gasteiger partial charge in [0.05, 0.1) is 5.56 Å². The van der Waals surface area contributed by atoms with Crippen LogP contribution >= 0.6 is 0 Å². The summed E-state index contributed by atoms with van der Waals surface area (Å²) in [6.45, 7) is 0. The quantitative estimate of drug-likeness (QED) is 0.604. The molecule has 27 heavy (non-hydrogen) atoms. The fourth-order valence-corrected chi connectivity index (χ4v) is 2.84. The highest BCUT2D eigenvalue weighted by Gasteiger charge is 2.10. The summed E-state index contributed by atoms with van der Waals surface area (Å²) >= 11 is 0. The second kappa shape index (κ2) is 7.21. The molecule has 0 saturated heterocycles. The Morgan fingerprint density at radius 2 is 1.74 bits per heavy atom. The van der Waals surface area contributed by atoms with Gasteiger partial charge in [-0.3, -0.25) is 9.78 Å². The lowest BCUT2D eigenvalue weighted by molar-refractivity contribution is 0.102. The molecule has 0 atom stereocenters. The number of rotatable bonds is 4. The molecule has 6 nitrogen and oxygen atoms in total. The number of nitrogens with zero attached hydrogens (tertiary/aromatic N) is 4. The number of amides is 1. The van der Waals surface area contributed by atoms with Crippen LogP contribution in [0.1, 0.15) is 10.4 Å². The van der Waals surface area contributed by atoms with Crippen LogP contribution < -0.4 is 5.32 Å². The lowest BCUT2D eigenvalue weighted by atomic mass is 10.1. The molecule has 0 unspecified atom stereocenters. The zero-order chi connectivity index (χ0) is 18.6. The first-order valence-corrected chi connectivity index (χ1v) is 8.47. The van der Waals surface area contributed by atoms with Crippen molar-refractivity contribution in [2.75, 3.05) is 5.32 Å². The van der Waals surface area contributed by atoms with Crippen molar-refractivity contribution in [2.24, 2.45) is 7.05 Å². The zero-order valence-corrected chi connectivity index (χ0v) is 14.7. The van der Waals surface area contributed by atoms with Gasteiger partial charge in [0.1, 0.15) is 6.33 Å². The number of carbonyl (C=O) groups is 1. The number of hydrogen-bond donors (Lipinski definition) is 1. The average molecular weight is 355 g/mol. The van der Waals surface area contributed by atoms with Crippen molar-refractivity contribution in [1.82, 2.24) is 19.7 Å². The Balaban J connectivity index is 1.57. The highest BCUT2D eigenvalue weighted by atomic mass is 16.1. The summed E-state index contributed by atoms with van der Waals surface area (Å²) < 4.78 is 1.83. The summed E-state index contributed by atoms with van der Waals surface area (Å²) in [7, 11) is 1.88. The minimum Gasteiger partial charge on any atom is -0.322 e. The average Bonchev–Trinajstić information content (AvgIpc) is 3.15. The molecular weight excluding hydrogens is 338 g/mol. The van der Waals surface area contributed by atoms with Crippen molar-refractivity contribution in [2.45, 2.75) is 0 Å². The third kappa shape index (κ3) is 3.59. The lowest BCUT2D eigenvalue weighted by Crippen LogP contribution is -2.12. The van der Waals surface area contributed by atoms with Crippen LogP contribution in [0.25, 0.3) is 22.5 Å². The molecule has 0 spiro atoms. The molecule has 1 amide bonds. The van der Waals surface area contributed by atoms with Gasteiger partial charge in [0.2, 0.25) is 0 Å². The minimum atomic E-state index is -0.213. The maximum absolute atomic E-state index is 12.7. The Morgan fingerprint density at radius 1 is 0.926 bits per heavy atom. The molecule has 132 valence electrons. The van der Waals surface area contributed by atoms with Crippen LogP contribution in [0, 0.1) is 0 Å². The van der Waals surface area contributed by atoms with Crippen LogP contribution in [0.5, 0.6) is 0 Å². The van der Waals surface area contributed by atoms with Crippen LogP contribution in [0.3, 0.4) is 0 Å². The van der Waals surface area contributed by atoms with Crippen LogP contribution in [-0.4, -0.2) is 25.7 Å². The molecule has 4 aromatic rings. The number of aryl methyl sites for hydroxylation is 1. The summed E-state index contributed by atoms with van der Waals surface area (Å²) in [5.41, 5.74) is 3.98. The monoisotopic (exact) mass is 355 g/mol. The SMILES string of the molecule is Cn1cnnc1-c1cccc(NC(=O)c2cncc(-c3ccccc3)c2)c1. The number of anilines is 1. The van der Waals surface area contributed by atoms with Crippen molar-refractivity contribution in [3.8, 4) is 22.5 Å². The zero-order valence-electron chi connectivity index (χ0n) is 14.7. The molecule has 2 aromatic carbocycles. The van der Waals surface area contributed by atoms with E-state index in [9.17, 15) is 4.79 Å². The van der Waals surface area contributed by atoms with Crippen molar-refractivity contribution in [3.63, 3.8) is 0 Å². The highest BCUT2D eigenvalue weighted by Crippen LogP contribution is 2.22. The number of pyridine rings is 1. The van der Waals surface area contributed by atoms with E-state index < -0.39 is 0 Å². The van der Waals surface area contributed by atoms with E-state index in [0.29, 0.717) is 11.3 Å². The van der Waals surface area contributed by atoms with Gasteiger partial charge in [0, 0.05) is 36.3 Å². The second-order valence-electron chi connectivity index (χ2n) is 6.13. The van der Waals surface area contributed by atoms with Crippen molar-refractivity contribution < 1.29 is 4.79 Å². The van der Waals surface area contributed by atoms with Gasteiger partial charge in [0.25, 0.3) is 5.91 Å². The number of hydrogen-bond acceptors (Lipinski definition) is 4. The number of aromatic nitrogens is 4. The van der Waals surface area contributed by atoms with Crippen LogP contribution in [-0.2, 0) is 7.05 Å². The second-order valence-corrected chi connectivity index (χ2v) is 6.13. The lowest BCUT2D eigenvalue weighted by Gasteiger charge is -2.08. The third-order valence-corrected chi connectivity index (χ3v) is 4.20. The summed E-state index contributed by atoms with van der Waals surface area (Å²) in [4.78, 5) is 16.9. The van der Waals surface area contributed by atoms with Gasteiger partial charge >= 0.3 is 0 Å². The Morgan fingerprint density at radius 3 is 2.52 bits per heavy atom. The molecule has 0 bridgehead atoms. The number of benzene rings is 2. The molecule has 0 aliphatic heterocycles. The van der Waals surface area contributed by atoms with Crippen molar-refractivity contribution in [1.29, 1.82) is 0 Å². The standard InChI is InChI=1S/C21H17N5O/c1-26-14-23-25-20(26)16-8-5-9-19(11-16)24-21(27)18-10-17(12-22-13-18)15-6-3-2-4-7-15/h2-14H,1H3,(H,24,27). The van der Waals surface area contributed by atoms with Crippen LogP contribution in [0.2, 0.25) is 0 Å². The Hall–Kier alpha value is -3.80. The molecule has 4 rings (SSSR count). The Kier molecular flexibility index (Phi) is 4.45. The molecule has 0 aliphatic rings. The Bertz CT molecular complexity index is 1090. The van der Waals surface area contributed by atoms with E-state index in [4.69, 9.17) is 0 Å². The maximum atomic E-state index is 12.7. The molecule has 6 heteroatoms. The van der Waals surface area contributed by atoms with Gasteiger partial charge in [-0.15, -0.1) is 10.2 Å². The predicted molar refractivity (Wildman–Crippen MR) is 104 cm³/mol. The molecule has 0 radical (unpaired) electrons. The molecule has 0 saturated carbocycles. The topological polar surface area (TPSA) is 72.7 Å². The van der Waals surface area contributed by atoms with E-state index in [2.05, 4.69) is 20.5 Å². The highest BCUT2D eigenvalue weighted by molar-refractivity contribution is 6.04. The fraction of sp³-hybridized carbons (Fsp3) is 0.0476. The molecule has 1 N–H and O–H groups in total. The van der Waals surface area contributed by atoms with Gasteiger partial charge in [-0.25, -0.2) is 0 Å². The van der Waals surface area contributed by atoms with Crippen molar-refractivity contribution >= 4 is 11.6 Å². The van der Waals surface area contributed by atoms with E-state index >= 15 is 0 Å². The van der Waals surface area contributed by atoms with Crippen molar-refractivity contribution in [3.05, 3.63) is 84.9 Å².